The monoisotopic (exact) mass is 220 g/mol. The lowest BCUT2D eigenvalue weighted by molar-refractivity contribution is 0.101. The smallest absolute Gasteiger partial charge is 0.159 e. The fraction of sp³-hybridized carbons (Fsp3) is 0.385. The normalized spacial score (nSPS) is 8.56. The highest BCUT2D eigenvalue weighted by molar-refractivity contribution is 5.97. The molecule has 1 aromatic carbocycles. The number of carbonyl (C=O) groups is 1. The summed E-state index contributed by atoms with van der Waals surface area (Å²) < 4.78 is 0. The predicted molar refractivity (Wildman–Crippen MR) is 68.8 cm³/mol. The molecule has 0 fully saturated rings. The van der Waals surface area contributed by atoms with Crippen LogP contribution in [0.5, 0.6) is 0 Å². The maximum absolute atomic E-state index is 11.0. The molecule has 0 amide bonds. The number of nitrogens with one attached hydrogen (secondary N) is 1. The first kappa shape index (κ1) is 14.4. The summed E-state index contributed by atoms with van der Waals surface area (Å²) in [5.41, 5.74) is 2.51. The Morgan fingerprint density at radius 2 is 1.81 bits per heavy atom. The summed E-state index contributed by atoms with van der Waals surface area (Å²) in [4.78, 5) is 18.0. The zero-order valence-electron chi connectivity index (χ0n) is 10.7. The van der Waals surface area contributed by atoms with Crippen molar-refractivity contribution in [3.05, 3.63) is 30.1 Å². The third kappa shape index (κ3) is 3.50. The van der Waals surface area contributed by atoms with Crippen LogP contribution in [0, 0.1) is 0 Å². The van der Waals surface area contributed by atoms with Gasteiger partial charge in [0.1, 0.15) is 0 Å². The molecule has 0 radical (unpaired) electrons. The molecule has 0 aliphatic rings. The van der Waals surface area contributed by atoms with Crippen molar-refractivity contribution >= 4 is 16.8 Å². The third-order valence-corrected chi connectivity index (χ3v) is 1.83. The molecule has 0 bridgehead atoms. The van der Waals surface area contributed by atoms with Gasteiger partial charge in [-0.25, -0.2) is 4.98 Å². The van der Waals surface area contributed by atoms with E-state index in [1.54, 1.807) is 19.3 Å². The number of hydrogen-bond acceptors (Lipinski definition) is 2. The van der Waals surface area contributed by atoms with E-state index in [4.69, 9.17) is 0 Å². The average molecular weight is 220 g/mol. The minimum atomic E-state index is 0.0755. The van der Waals surface area contributed by atoms with E-state index in [2.05, 4.69) is 9.97 Å². The van der Waals surface area contributed by atoms with E-state index in [-0.39, 0.29) is 5.78 Å². The summed E-state index contributed by atoms with van der Waals surface area (Å²) in [5.74, 6) is 0.0755. The van der Waals surface area contributed by atoms with Gasteiger partial charge in [-0.15, -0.1) is 0 Å². The van der Waals surface area contributed by atoms with E-state index in [0.29, 0.717) is 5.56 Å². The van der Waals surface area contributed by atoms with Crippen molar-refractivity contribution in [2.75, 3.05) is 0 Å². The molecule has 1 heterocycles. The molecule has 0 atom stereocenters. The Morgan fingerprint density at radius 1 is 1.19 bits per heavy atom. The Bertz CT molecular complexity index is 432. The van der Waals surface area contributed by atoms with Crippen LogP contribution in [-0.2, 0) is 0 Å². The van der Waals surface area contributed by atoms with Gasteiger partial charge in [0, 0.05) is 5.56 Å². The molecule has 88 valence electrons. The molecule has 0 saturated heterocycles. The molecule has 0 aliphatic carbocycles. The minimum absolute atomic E-state index is 0.0755. The highest BCUT2D eigenvalue weighted by Gasteiger charge is 2.00. The number of imidazole rings is 1. The van der Waals surface area contributed by atoms with Crippen molar-refractivity contribution in [1.82, 2.24) is 9.97 Å². The van der Waals surface area contributed by atoms with Crippen molar-refractivity contribution in [2.24, 2.45) is 0 Å². The number of aromatic amines is 1. The number of ketones is 1. The van der Waals surface area contributed by atoms with Crippen LogP contribution in [0.15, 0.2) is 24.5 Å². The molecule has 2 rings (SSSR count). The number of H-pyrrole nitrogens is 1. The summed E-state index contributed by atoms with van der Waals surface area (Å²) in [6, 6.07) is 5.43. The van der Waals surface area contributed by atoms with Crippen molar-refractivity contribution in [3.8, 4) is 0 Å². The molecule has 1 aromatic heterocycles. The van der Waals surface area contributed by atoms with Gasteiger partial charge in [-0.3, -0.25) is 4.79 Å². The molecular weight excluding hydrogens is 200 g/mol. The Kier molecular flexibility index (Phi) is 6.84. The number of rotatable bonds is 1. The first-order valence-electron chi connectivity index (χ1n) is 5.71. The highest BCUT2D eigenvalue weighted by atomic mass is 16.1. The zero-order valence-corrected chi connectivity index (χ0v) is 10.7. The zero-order chi connectivity index (χ0) is 12.6. The van der Waals surface area contributed by atoms with Crippen LogP contribution < -0.4 is 0 Å². The van der Waals surface area contributed by atoms with Crippen molar-refractivity contribution in [2.45, 2.75) is 34.6 Å². The second kappa shape index (κ2) is 7.63. The highest BCUT2D eigenvalue weighted by Crippen LogP contribution is 2.11. The molecule has 2 aromatic rings. The van der Waals surface area contributed by atoms with Crippen LogP contribution in [-0.4, -0.2) is 15.8 Å². The molecule has 3 nitrogen and oxygen atoms in total. The second-order valence-corrected chi connectivity index (χ2v) is 2.69. The van der Waals surface area contributed by atoms with Crippen LogP contribution in [0.1, 0.15) is 45.0 Å². The summed E-state index contributed by atoms with van der Waals surface area (Å²) in [5, 5.41) is 0. The van der Waals surface area contributed by atoms with Gasteiger partial charge < -0.3 is 4.98 Å². The molecule has 16 heavy (non-hydrogen) atoms. The van der Waals surface area contributed by atoms with E-state index in [0.717, 1.165) is 11.0 Å². The van der Waals surface area contributed by atoms with Gasteiger partial charge in [0.15, 0.2) is 5.78 Å². The van der Waals surface area contributed by atoms with Gasteiger partial charge in [-0.2, -0.15) is 0 Å². The SMILES string of the molecule is CC.CC.CC(=O)c1ccc2nc[nH]c2c1. The number of carbonyl (C=O) groups excluding carboxylic acids is 1. The van der Waals surface area contributed by atoms with Gasteiger partial charge in [-0.1, -0.05) is 27.7 Å². The van der Waals surface area contributed by atoms with Gasteiger partial charge in [0.2, 0.25) is 0 Å². The summed E-state index contributed by atoms with van der Waals surface area (Å²) in [6.07, 6.45) is 1.62. The molecular formula is C13H20N2O. The van der Waals surface area contributed by atoms with Crippen LogP contribution in [0.25, 0.3) is 11.0 Å². The maximum Gasteiger partial charge on any atom is 0.159 e. The minimum Gasteiger partial charge on any atom is -0.345 e. The Hall–Kier alpha value is -1.64. The van der Waals surface area contributed by atoms with Crippen LogP contribution in [0.2, 0.25) is 0 Å². The number of fused-ring (bicyclic) bond motifs is 1. The molecule has 0 unspecified atom stereocenters. The summed E-state index contributed by atoms with van der Waals surface area (Å²) in [6.45, 7) is 9.55. The number of nitrogens with zero attached hydrogens (tertiary/aromatic N) is 1. The molecule has 0 aliphatic heterocycles. The van der Waals surface area contributed by atoms with Gasteiger partial charge in [-0.05, 0) is 25.1 Å². The molecule has 3 heteroatoms. The fourth-order valence-electron chi connectivity index (χ4n) is 1.15. The molecule has 0 spiro atoms. The fourth-order valence-corrected chi connectivity index (χ4v) is 1.15. The second-order valence-electron chi connectivity index (χ2n) is 2.69. The third-order valence-electron chi connectivity index (χ3n) is 1.83. The van der Waals surface area contributed by atoms with Gasteiger partial charge in [0.05, 0.1) is 17.4 Å². The lowest BCUT2D eigenvalue weighted by atomic mass is 10.1. The topological polar surface area (TPSA) is 45.8 Å². The van der Waals surface area contributed by atoms with E-state index in [1.807, 2.05) is 39.8 Å². The Balaban J connectivity index is 0.000000509. The number of Topliss-reactive ketones (excluding diaryl/α,β-unsaturated/α-hetero) is 1. The standard InChI is InChI=1S/C9H8N2O.2C2H6/c1-6(12)7-2-3-8-9(4-7)11-5-10-8;2*1-2/h2-5H,1H3,(H,10,11);2*1-2H3. The lowest BCUT2D eigenvalue weighted by Gasteiger charge is -1.93. The van der Waals surface area contributed by atoms with Crippen molar-refractivity contribution in [1.29, 1.82) is 0 Å². The number of benzene rings is 1. The Morgan fingerprint density at radius 3 is 2.38 bits per heavy atom. The predicted octanol–water partition coefficient (Wildman–Crippen LogP) is 3.82. The first-order valence-corrected chi connectivity index (χ1v) is 5.71. The Labute approximate surface area is 96.9 Å². The summed E-state index contributed by atoms with van der Waals surface area (Å²) in [7, 11) is 0. The van der Waals surface area contributed by atoms with E-state index in [1.165, 1.54) is 0 Å². The number of aromatic nitrogens is 2. The summed E-state index contributed by atoms with van der Waals surface area (Å²) >= 11 is 0. The largest absolute Gasteiger partial charge is 0.345 e. The van der Waals surface area contributed by atoms with E-state index in [9.17, 15) is 4.79 Å². The number of hydrogen-bond donors (Lipinski definition) is 1. The van der Waals surface area contributed by atoms with Crippen molar-refractivity contribution in [3.63, 3.8) is 0 Å². The quantitative estimate of drug-likeness (QED) is 0.742. The van der Waals surface area contributed by atoms with Gasteiger partial charge >= 0.3 is 0 Å². The van der Waals surface area contributed by atoms with E-state index >= 15 is 0 Å². The van der Waals surface area contributed by atoms with E-state index < -0.39 is 0 Å². The maximum atomic E-state index is 11.0. The van der Waals surface area contributed by atoms with Crippen molar-refractivity contribution < 1.29 is 4.79 Å². The first-order chi connectivity index (χ1) is 7.77. The van der Waals surface area contributed by atoms with Gasteiger partial charge in [0.25, 0.3) is 0 Å². The lowest BCUT2D eigenvalue weighted by Crippen LogP contribution is -1.90. The van der Waals surface area contributed by atoms with Crippen LogP contribution >= 0.6 is 0 Å². The van der Waals surface area contributed by atoms with Crippen LogP contribution in [0.3, 0.4) is 0 Å². The molecule has 0 saturated carbocycles. The molecule has 1 N–H and O–H groups in total. The average Bonchev–Trinajstić information content (AvgIpc) is 2.81. The van der Waals surface area contributed by atoms with Crippen LogP contribution in [0.4, 0.5) is 0 Å².